The lowest BCUT2D eigenvalue weighted by Crippen LogP contribution is -2.20. The second-order valence-electron chi connectivity index (χ2n) is 6.55. The second-order valence-corrected chi connectivity index (χ2v) is 6.55. The van der Waals surface area contributed by atoms with Crippen molar-refractivity contribution in [2.75, 3.05) is 33.3 Å². The lowest BCUT2D eigenvalue weighted by Gasteiger charge is -2.17. The van der Waals surface area contributed by atoms with E-state index < -0.39 is 0 Å². The lowest BCUT2D eigenvalue weighted by molar-refractivity contribution is 0.324. The molecule has 0 spiro atoms. The van der Waals surface area contributed by atoms with E-state index in [-0.39, 0.29) is 0 Å². The van der Waals surface area contributed by atoms with E-state index in [1.165, 1.54) is 0 Å². The highest BCUT2D eigenvalue weighted by atomic mass is 16.5. The maximum atomic E-state index is 5.43. The number of aromatic nitrogens is 5. The zero-order valence-electron chi connectivity index (χ0n) is 17.4. The van der Waals surface area contributed by atoms with Gasteiger partial charge in [0.15, 0.2) is 11.5 Å². The number of hydrogen-bond acceptors (Lipinski definition) is 8. The molecule has 0 saturated heterocycles. The molecule has 0 aliphatic rings. The average molecular weight is 398 g/mol. The molecule has 2 heterocycles. The van der Waals surface area contributed by atoms with E-state index in [4.69, 9.17) is 14.2 Å². The van der Waals surface area contributed by atoms with Gasteiger partial charge in [-0.25, -0.2) is 4.98 Å². The number of rotatable bonds is 9. The van der Waals surface area contributed by atoms with Gasteiger partial charge in [0.05, 0.1) is 51.2 Å². The average Bonchev–Trinajstić information content (AvgIpc) is 3.19. The SMILES string of the molecule is CCCc1cc(CN(C)c2nncc(-c3cc(OC)c(OC)c(OC)c3)n2)[nH]n1. The van der Waals surface area contributed by atoms with Gasteiger partial charge < -0.3 is 19.1 Å². The van der Waals surface area contributed by atoms with Gasteiger partial charge in [-0.15, -0.1) is 5.10 Å². The lowest BCUT2D eigenvalue weighted by atomic mass is 10.1. The van der Waals surface area contributed by atoms with Crippen molar-refractivity contribution in [2.24, 2.45) is 0 Å². The molecule has 154 valence electrons. The van der Waals surface area contributed by atoms with Gasteiger partial charge in [-0.2, -0.15) is 10.2 Å². The van der Waals surface area contributed by atoms with Gasteiger partial charge in [0, 0.05) is 12.6 Å². The highest BCUT2D eigenvalue weighted by molar-refractivity contribution is 5.68. The summed E-state index contributed by atoms with van der Waals surface area (Å²) >= 11 is 0. The molecule has 9 heteroatoms. The molecule has 1 N–H and O–H groups in total. The molecule has 3 aromatic rings. The maximum absolute atomic E-state index is 5.43. The molecule has 0 atom stereocenters. The minimum Gasteiger partial charge on any atom is -0.493 e. The smallest absolute Gasteiger partial charge is 0.246 e. The van der Waals surface area contributed by atoms with Crippen LogP contribution >= 0.6 is 0 Å². The number of H-pyrrole nitrogens is 1. The molecule has 0 aliphatic carbocycles. The second kappa shape index (κ2) is 9.22. The van der Waals surface area contributed by atoms with Gasteiger partial charge >= 0.3 is 0 Å². The monoisotopic (exact) mass is 398 g/mol. The zero-order chi connectivity index (χ0) is 20.8. The van der Waals surface area contributed by atoms with Gasteiger partial charge in [0.25, 0.3) is 0 Å². The number of methoxy groups -OCH3 is 3. The fraction of sp³-hybridized carbons (Fsp3) is 0.400. The summed E-state index contributed by atoms with van der Waals surface area (Å²) in [6.07, 6.45) is 3.62. The predicted octanol–water partition coefficient (Wildman–Crippen LogP) is 2.88. The first-order chi connectivity index (χ1) is 14.1. The van der Waals surface area contributed by atoms with Crippen LogP contribution in [0.4, 0.5) is 5.95 Å². The van der Waals surface area contributed by atoms with Crippen LogP contribution in [0.1, 0.15) is 24.7 Å². The summed E-state index contributed by atoms with van der Waals surface area (Å²) in [5.74, 6) is 2.13. The molecular weight excluding hydrogens is 372 g/mol. The van der Waals surface area contributed by atoms with Crippen LogP contribution in [0.5, 0.6) is 17.2 Å². The van der Waals surface area contributed by atoms with Crippen LogP contribution in [0.15, 0.2) is 24.4 Å². The highest BCUT2D eigenvalue weighted by Crippen LogP contribution is 2.40. The molecule has 0 fully saturated rings. The fourth-order valence-electron chi connectivity index (χ4n) is 3.02. The molecule has 1 aromatic carbocycles. The first-order valence-corrected chi connectivity index (χ1v) is 9.34. The minimum atomic E-state index is 0.503. The topological polar surface area (TPSA) is 98.3 Å². The Morgan fingerprint density at radius 3 is 2.38 bits per heavy atom. The Bertz CT molecular complexity index is 934. The third-order valence-corrected chi connectivity index (χ3v) is 4.45. The zero-order valence-corrected chi connectivity index (χ0v) is 17.4. The van der Waals surface area contributed by atoms with Crippen LogP contribution in [0.2, 0.25) is 0 Å². The van der Waals surface area contributed by atoms with Gasteiger partial charge in [0.2, 0.25) is 11.7 Å². The number of hydrogen-bond donors (Lipinski definition) is 1. The number of nitrogens with zero attached hydrogens (tertiary/aromatic N) is 5. The number of aryl methyl sites for hydroxylation is 1. The number of ether oxygens (including phenoxy) is 3. The van der Waals surface area contributed by atoms with Crippen molar-refractivity contribution in [2.45, 2.75) is 26.3 Å². The van der Waals surface area contributed by atoms with Gasteiger partial charge in [-0.05, 0) is 24.6 Å². The van der Waals surface area contributed by atoms with E-state index in [1.807, 2.05) is 24.1 Å². The number of nitrogens with one attached hydrogen (secondary N) is 1. The Morgan fingerprint density at radius 2 is 1.76 bits per heavy atom. The van der Waals surface area contributed by atoms with Crippen molar-refractivity contribution >= 4 is 5.95 Å². The normalized spacial score (nSPS) is 10.7. The molecule has 0 radical (unpaired) electrons. The van der Waals surface area contributed by atoms with Crippen LogP contribution in [0.25, 0.3) is 11.3 Å². The Kier molecular flexibility index (Phi) is 6.48. The maximum Gasteiger partial charge on any atom is 0.246 e. The van der Waals surface area contributed by atoms with E-state index in [0.29, 0.717) is 35.4 Å². The van der Waals surface area contributed by atoms with Crippen molar-refractivity contribution in [1.29, 1.82) is 0 Å². The Hall–Kier alpha value is -3.36. The molecule has 2 aromatic heterocycles. The van der Waals surface area contributed by atoms with Crippen LogP contribution in [-0.2, 0) is 13.0 Å². The number of benzene rings is 1. The molecule has 0 aliphatic heterocycles. The molecule has 0 amide bonds. The van der Waals surface area contributed by atoms with Crippen LogP contribution in [0, 0.1) is 0 Å². The molecule has 29 heavy (non-hydrogen) atoms. The van der Waals surface area contributed by atoms with E-state index in [9.17, 15) is 0 Å². The van der Waals surface area contributed by atoms with Crippen LogP contribution < -0.4 is 19.1 Å². The first-order valence-electron chi connectivity index (χ1n) is 9.34. The van der Waals surface area contributed by atoms with E-state index in [1.54, 1.807) is 27.5 Å². The third kappa shape index (κ3) is 4.56. The summed E-state index contributed by atoms with van der Waals surface area (Å²) in [7, 11) is 6.64. The van der Waals surface area contributed by atoms with Gasteiger partial charge in [0.1, 0.15) is 0 Å². The molecule has 3 rings (SSSR count). The van der Waals surface area contributed by atoms with Crippen LogP contribution in [-0.4, -0.2) is 53.8 Å². The quantitative estimate of drug-likeness (QED) is 0.587. The summed E-state index contributed by atoms with van der Waals surface area (Å²) in [6, 6.07) is 5.73. The number of anilines is 1. The summed E-state index contributed by atoms with van der Waals surface area (Å²) in [5.41, 5.74) is 3.49. The minimum absolute atomic E-state index is 0.503. The summed E-state index contributed by atoms with van der Waals surface area (Å²) in [5, 5.41) is 15.7. The summed E-state index contributed by atoms with van der Waals surface area (Å²) in [4.78, 5) is 6.57. The van der Waals surface area contributed by atoms with E-state index >= 15 is 0 Å². The summed E-state index contributed by atoms with van der Waals surface area (Å²) < 4.78 is 16.2. The molecular formula is C20H26N6O3. The first kappa shape index (κ1) is 20.4. The fourth-order valence-corrected chi connectivity index (χ4v) is 3.02. The van der Waals surface area contributed by atoms with Crippen molar-refractivity contribution < 1.29 is 14.2 Å². The van der Waals surface area contributed by atoms with Crippen molar-refractivity contribution in [3.63, 3.8) is 0 Å². The Balaban J connectivity index is 1.87. The number of aromatic amines is 1. The van der Waals surface area contributed by atoms with Crippen molar-refractivity contribution in [3.05, 3.63) is 35.8 Å². The Labute approximate surface area is 170 Å². The predicted molar refractivity (Wildman–Crippen MR) is 110 cm³/mol. The summed E-state index contributed by atoms with van der Waals surface area (Å²) in [6.45, 7) is 2.73. The van der Waals surface area contributed by atoms with Crippen molar-refractivity contribution in [3.8, 4) is 28.5 Å². The molecule has 9 nitrogen and oxygen atoms in total. The largest absolute Gasteiger partial charge is 0.493 e. The third-order valence-electron chi connectivity index (χ3n) is 4.45. The molecule has 0 saturated carbocycles. The van der Waals surface area contributed by atoms with Crippen molar-refractivity contribution in [1.82, 2.24) is 25.4 Å². The molecule has 0 unspecified atom stereocenters. The van der Waals surface area contributed by atoms with Gasteiger partial charge in [-0.3, -0.25) is 5.10 Å². The standard InChI is InChI=1S/C20H26N6O3/c1-6-7-14-10-15(24-23-14)12-26(2)20-22-16(11-21-25-20)13-8-17(27-3)19(29-5)18(9-13)28-4/h8-11H,6-7,12H2,1-5H3,(H,23,24). The highest BCUT2D eigenvalue weighted by Gasteiger charge is 2.16. The van der Waals surface area contributed by atoms with E-state index in [0.717, 1.165) is 29.8 Å². The van der Waals surface area contributed by atoms with E-state index in [2.05, 4.69) is 38.4 Å². The molecule has 0 bridgehead atoms. The van der Waals surface area contributed by atoms with Crippen LogP contribution in [0.3, 0.4) is 0 Å². The Morgan fingerprint density at radius 1 is 1.03 bits per heavy atom. The van der Waals surface area contributed by atoms with Gasteiger partial charge in [-0.1, -0.05) is 13.3 Å².